The Bertz CT molecular complexity index is 1230. The van der Waals surface area contributed by atoms with Crippen LogP contribution in [0.5, 0.6) is 0 Å². The number of aliphatic hydroxyl groups is 4. The van der Waals surface area contributed by atoms with E-state index in [2.05, 4.69) is 0 Å². The van der Waals surface area contributed by atoms with E-state index in [-0.39, 0.29) is 31.6 Å². The van der Waals surface area contributed by atoms with Gasteiger partial charge in [-0.05, 0) is 60.0 Å². The zero-order valence-corrected chi connectivity index (χ0v) is 32.6. The van der Waals surface area contributed by atoms with Gasteiger partial charge >= 0.3 is 11.9 Å². The minimum Gasteiger partial charge on any atom is -0.462 e. The van der Waals surface area contributed by atoms with Crippen molar-refractivity contribution in [2.24, 2.45) is 11.8 Å². The van der Waals surface area contributed by atoms with Gasteiger partial charge in [0.2, 0.25) is 0 Å². The maximum atomic E-state index is 12.9. The van der Waals surface area contributed by atoms with Crippen molar-refractivity contribution in [1.82, 2.24) is 4.90 Å². The van der Waals surface area contributed by atoms with Gasteiger partial charge in [0.15, 0.2) is 18.7 Å². The van der Waals surface area contributed by atoms with Crippen LogP contribution in [0.15, 0.2) is 24.3 Å². The van der Waals surface area contributed by atoms with Crippen LogP contribution in [-0.2, 0) is 47.5 Å². The maximum absolute atomic E-state index is 12.9. The predicted octanol–water partition coefficient (Wildman–Crippen LogP) is 1.81. The summed E-state index contributed by atoms with van der Waals surface area (Å²) in [4.78, 5) is 38.8. The lowest BCUT2D eigenvalue weighted by Crippen LogP contribution is -2.66. The largest absolute Gasteiger partial charge is 0.462 e. The molecule has 4 N–H and O–H groups in total. The van der Waals surface area contributed by atoms with E-state index in [1.165, 1.54) is 7.11 Å². The molecule has 0 bridgehead atoms. The normalized spacial score (nSPS) is 43.4. The third-order valence-electron chi connectivity index (χ3n) is 10.3. The van der Waals surface area contributed by atoms with Crippen LogP contribution in [0.1, 0.15) is 80.1 Å². The van der Waals surface area contributed by atoms with Gasteiger partial charge < -0.3 is 63.3 Å². The van der Waals surface area contributed by atoms with Crippen molar-refractivity contribution >= 4 is 18.2 Å². The Balaban J connectivity index is 1.92. The number of hydrogen-bond acceptors (Lipinski definition) is 15. The Kier molecular flexibility index (Phi) is 17.5. The van der Waals surface area contributed by atoms with Gasteiger partial charge in [0.1, 0.15) is 36.3 Å². The van der Waals surface area contributed by atoms with Gasteiger partial charge in [-0.25, -0.2) is 0 Å². The molecule has 2 saturated heterocycles. The molecule has 3 aliphatic rings. The second-order valence-electron chi connectivity index (χ2n) is 15.1. The smallest absolute Gasteiger partial charge is 0.308 e. The quantitative estimate of drug-likeness (QED) is 0.186. The molecule has 53 heavy (non-hydrogen) atoms. The zero-order chi connectivity index (χ0) is 39.6. The molecule has 3 rings (SSSR count). The van der Waals surface area contributed by atoms with Crippen LogP contribution < -0.4 is 0 Å². The van der Waals surface area contributed by atoms with Crippen molar-refractivity contribution in [3.05, 3.63) is 24.3 Å². The number of esters is 2. The molecule has 16 atom stereocenters. The van der Waals surface area contributed by atoms with Crippen LogP contribution in [0.3, 0.4) is 0 Å². The summed E-state index contributed by atoms with van der Waals surface area (Å²) in [7, 11) is 4.85. The van der Waals surface area contributed by atoms with Crippen molar-refractivity contribution < 1.29 is 68.0 Å². The highest BCUT2D eigenvalue weighted by Crippen LogP contribution is 2.37. The molecule has 0 radical (unpaired) electrons. The van der Waals surface area contributed by atoms with E-state index in [1.807, 2.05) is 13.0 Å². The fourth-order valence-corrected chi connectivity index (χ4v) is 7.48. The van der Waals surface area contributed by atoms with Gasteiger partial charge in [-0.3, -0.25) is 9.59 Å². The van der Waals surface area contributed by atoms with E-state index in [4.69, 9.17) is 33.2 Å². The van der Waals surface area contributed by atoms with Crippen molar-refractivity contribution in [3.8, 4) is 0 Å². The van der Waals surface area contributed by atoms with E-state index in [0.29, 0.717) is 12.7 Å². The first-order valence-corrected chi connectivity index (χ1v) is 18.7. The standard InChI is InChI=1S/C38H63NO14/c1-10-28(43)51-36-24(5)49-30(20-38(36,6)46)52-33-23(4)50-37(32(45)31(33)39(7)8)53-34-25(16-17-40)18-21(2)26(41)15-13-11-12-14-22(3)48-29(44)19-27(42)35(34)47-9/h11-13,15,17,21-27,30-37,41-42,45-46H,10,14,16,18-20H2,1-9H3/b12-11+,15-13+/t21-,22-,23-,24+,25-,26+,27-,30+,31-,32-,33-,34+,35+,36+,37+,38-/m1/s1. The third-order valence-corrected chi connectivity index (χ3v) is 10.3. The number of carbonyl (C=O) groups is 3. The number of rotatable bonds is 10. The molecule has 0 aromatic heterocycles. The van der Waals surface area contributed by atoms with Crippen LogP contribution in [0.25, 0.3) is 0 Å². The summed E-state index contributed by atoms with van der Waals surface area (Å²) in [6.07, 6.45) is -3.93. The molecule has 0 aliphatic carbocycles. The molecule has 3 aliphatic heterocycles. The first-order chi connectivity index (χ1) is 24.9. The van der Waals surface area contributed by atoms with Gasteiger partial charge in [-0.1, -0.05) is 38.2 Å². The lowest BCUT2D eigenvalue weighted by Gasteiger charge is -2.50. The number of likely N-dealkylation sites (N-methyl/N-ethyl adjacent to an activating group) is 1. The topological polar surface area (TPSA) is 200 Å². The van der Waals surface area contributed by atoms with Gasteiger partial charge in [0.25, 0.3) is 0 Å². The molecule has 2 fully saturated rings. The number of hydrogen-bond donors (Lipinski definition) is 4. The van der Waals surface area contributed by atoms with Crippen LogP contribution in [0, 0.1) is 11.8 Å². The fourth-order valence-electron chi connectivity index (χ4n) is 7.48. The Morgan fingerprint density at radius 1 is 1.04 bits per heavy atom. The van der Waals surface area contributed by atoms with E-state index >= 15 is 0 Å². The summed E-state index contributed by atoms with van der Waals surface area (Å²) in [5.74, 6) is -2.14. The monoisotopic (exact) mass is 757 g/mol. The van der Waals surface area contributed by atoms with Crippen LogP contribution in [-0.4, -0.2) is 150 Å². The average molecular weight is 758 g/mol. The van der Waals surface area contributed by atoms with Crippen LogP contribution in [0.2, 0.25) is 0 Å². The minimum atomic E-state index is -1.47. The molecule has 0 aromatic rings. The second-order valence-corrected chi connectivity index (χ2v) is 15.1. The molecule has 0 aromatic carbocycles. The Labute approximate surface area is 313 Å². The van der Waals surface area contributed by atoms with Gasteiger partial charge in [-0.2, -0.15) is 0 Å². The number of allylic oxidation sites excluding steroid dienone is 2. The highest BCUT2D eigenvalue weighted by Gasteiger charge is 2.52. The molecular weight excluding hydrogens is 694 g/mol. The van der Waals surface area contributed by atoms with Crippen molar-refractivity contribution in [1.29, 1.82) is 0 Å². The lowest BCUT2D eigenvalue weighted by molar-refractivity contribution is -0.344. The number of ether oxygens (including phenoxy) is 7. The number of methoxy groups -OCH3 is 1. The molecule has 0 unspecified atom stereocenters. The molecule has 0 amide bonds. The third kappa shape index (κ3) is 12.3. The Hall–Kier alpha value is -2.31. The first kappa shape index (κ1) is 45.1. The van der Waals surface area contributed by atoms with Crippen molar-refractivity contribution in [2.75, 3.05) is 21.2 Å². The van der Waals surface area contributed by atoms with Crippen LogP contribution in [0.4, 0.5) is 0 Å². The average Bonchev–Trinajstić information content (AvgIpc) is 3.06. The molecule has 304 valence electrons. The number of aliphatic hydroxyl groups excluding tert-OH is 3. The molecule has 0 spiro atoms. The Morgan fingerprint density at radius 3 is 2.34 bits per heavy atom. The van der Waals surface area contributed by atoms with Gasteiger partial charge in [0.05, 0.1) is 43.0 Å². The van der Waals surface area contributed by atoms with Gasteiger partial charge in [-0.15, -0.1) is 0 Å². The lowest BCUT2D eigenvalue weighted by atomic mass is 9.82. The van der Waals surface area contributed by atoms with Crippen molar-refractivity contribution in [2.45, 2.75) is 165 Å². The molecular formula is C38H63NO14. The second kappa shape index (κ2) is 20.6. The fraction of sp³-hybridized carbons (Fsp3) is 0.816. The van der Waals surface area contributed by atoms with Gasteiger partial charge in [0, 0.05) is 32.8 Å². The van der Waals surface area contributed by atoms with E-state index in [1.54, 1.807) is 71.8 Å². The molecule has 15 heteroatoms. The number of carbonyl (C=O) groups excluding carboxylic acids is 3. The highest BCUT2D eigenvalue weighted by atomic mass is 16.7. The zero-order valence-electron chi connectivity index (χ0n) is 32.6. The highest BCUT2D eigenvalue weighted by molar-refractivity contribution is 5.70. The number of aldehydes is 1. The summed E-state index contributed by atoms with van der Waals surface area (Å²) in [5.41, 5.74) is -1.47. The number of cyclic esters (lactones) is 1. The summed E-state index contributed by atoms with van der Waals surface area (Å²) in [6.45, 7) is 10.2. The summed E-state index contributed by atoms with van der Waals surface area (Å²) >= 11 is 0. The summed E-state index contributed by atoms with van der Waals surface area (Å²) in [6, 6.07) is -0.750. The molecule has 15 nitrogen and oxygen atoms in total. The number of nitrogens with zero attached hydrogens (tertiary/aromatic N) is 1. The molecule has 3 heterocycles. The van der Waals surface area contributed by atoms with Crippen molar-refractivity contribution in [3.63, 3.8) is 0 Å². The first-order valence-electron chi connectivity index (χ1n) is 18.7. The van der Waals surface area contributed by atoms with E-state index in [0.717, 1.165) is 0 Å². The summed E-state index contributed by atoms with van der Waals surface area (Å²) < 4.78 is 42.1. The molecule has 0 saturated carbocycles. The van der Waals surface area contributed by atoms with E-state index in [9.17, 15) is 34.8 Å². The van der Waals surface area contributed by atoms with Crippen LogP contribution >= 0.6 is 0 Å². The summed E-state index contributed by atoms with van der Waals surface area (Å²) in [5, 5.41) is 45.5. The SMILES string of the molecule is CCC(=O)O[C@H]1[C@H](C)O[C@@H](O[C@H]2[C@H](N(C)C)[C@@H](O)[C@H](O[C@H]3[C@H](CC=O)C[C@@H](C)[C@@H](O)/C=C/C=C/C[C@@H](C)OC(=O)C[C@@H](O)[C@@H]3OC)O[C@@H]2C)C[C@@]1(C)O. The minimum absolute atomic E-state index is 0.0298. The Morgan fingerprint density at radius 2 is 1.74 bits per heavy atom. The maximum Gasteiger partial charge on any atom is 0.308 e. The van der Waals surface area contributed by atoms with E-state index < -0.39 is 110 Å². The predicted molar refractivity (Wildman–Crippen MR) is 191 cm³/mol.